The van der Waals surface area contributed by atoms with Crippen LogP contribution >= 0.6 is 11.6 Å². The minimum atomic E-state index is -1.65. The van der Waals surface area contributed by atoms with Gasteiger partial charge in [0, 0.05) is 5.02 Å². The van der Waals surface area contributed by atoms with E-state index < -0.39 is 11.7 Å². The maximum Gasteiger partial charge on any atom is 0.235 e. The molecule has 0 radical (unpaired) electrons. The predicted octanol–water partition coefficient (Wildman–Crippen LogP) is 3.47. The summed E-state index contributed by atoms with van der Waals surface area (Å²) < 4.78 is 13.8. The van der Waals surface area contributed by atoms with Crippen LogP contribution in [0.4, 0.5) is 4.39 Å². The van der Waals surface area contributed by atoms with E-state index in [0.717, 1.165) is 0 Å². The van der Waals surface area contributed by atoms with E-state index in [1.807, 2.05) is 0 Å². The van der Waals surface area contributed by atoms with Gasteiger partial charge < -0.3 is 0 Å². The molecule has 4 heteroatoms. The molecule has 0 bridgehead atoms. The lowest BCUT2D eigenvalue weighted by Crippen LogP contribution is -2.22. The van der Waals surface area contributed by atoms with Crippen molar-refractivity contribution in [3.8, 4) is 0 Å². The molecule has 0 amide bonds. The molecule has 0 saturated heterocycles. The summed E-state index contributed by atoms with van der Waals surface area (Å²) >= 11 is 5.90. The molecule has 0 spiro atoms. The quantitative estimate of drug-likeness (QED) is 0.574. The Kier molecular flexibility index (Phi) is 3.61. The summed E-state index contributed by atoms with van der Waals surface area (Å²) in [6, 6.07) is 5.83. The zero-order chi connectivity index (χ0) is 11.5. The lowest BCUT2D eigenvalue weighted by atomic mass is 9.94. The third-order valence-electron chi connectivity index (χ3n) is 2.03. The van der Waals surface area contributed by atoms with Gasteiger partial charge in [0.25, 0.3) is 0 Å². The van der Waals surface area contributed by atoms with Gasteiger partial charge in [-0.05, 0) is 25.5 Å². The highest BCUT2D eigenvalue weighted by molar-refractivity contribution is 6.31. The fraction of sp³-hybridized carbons (Fsp3) is 0.364. The Morgan fingerprint density at radius 1 is 1.47 bits per heavy atom. The van der Waals surface area contributed by atoms with Gasteiger partial charge in [0.1, 0.15) is 11.7 Å². The molecule has 1 aromatic rings. The van der Waals surface area contributed by atoms with E-state index in [-0.39, 0.29) is 0 Å². The highest BCUT2D eigenvalue weighted by Crippen LogP contribution is 2.35. The Bertz CT molecular complexity index is 394. The van der Waals surface area contributed by atoms with Crippen LogP contribution < -0.4 is 0 Å². The van der Waals surface area contributed by atoms with Gasteiger partial charge >= 0.3 is 0 Å². The number of nitrogens with zero attached hydrogens (tertiary/aromatic N) is 1. The Morgan fingerprint density at radius 3 is 2.53 bits per heavy atom. The molecule has 0 heterocycles. The molecule has 15 heavy (non-hydrogen) atoms. The van der Waals surface area contributed by atoms with Crippen LogP contribution in [0, 0.1) is 0 Å². The second-order valence-electron chi connectivity index (χ2n) is 3.71. The van der Waals surface area contributed by atoms with Gasteiger partial charge in [0.15, 0.2) is 0 Å². The maximum absolute atomic E-state index is 13.8. The Labute approximate surface area is 92.8 Å². The second kappa shape index (κ2) is 4.56. The molecule has 1 unspecified atom stereocenters. The molecular weight excluding hydrogens is 217 g/mol. The Hall–Kier alpha value is -1.18. The molecule has 80 valence electrons. The fourth-order valence-electron chi connectivity index (χ4n) is 1.34. The monoisotopic (exact) mass is 227 g/mol. The molecule has 0 saturated carbocycles. The highest BCUT2D eigenvalue weighted by atomic mass is 35.5. The number of carbonyl (C=O) groups excluding carboxylic acids is 1. The van der Waals surface area contributed by atoms with Gasteiger partial charge in [0.05, 0.1) is 0 Å². The number of rotatable bonds is 3. The largest absolute Gasteiger partial charge is 0.242 e. The first-order valence-corrected chi connectivity index (χ1v) is 4.85. The van der Waals surface area contributed by atoms with Crippen LogP contribution in [0.25, 0.3) is 0 Å². The van der Waals surface area contributed by atoms with Crippen molar-refractivity contribution in [3.63, 3.8) is 0 Å². The van der Waals surface area contributed by atoms with Crippen LogP contribution in [-0.2, 0) is 4.79 Å². The smallest absolute Gasteiger partial charge is 0.235 e. The minimum Gasteiger partial charge on any atom is -0.242 e. The second-order valence-corrected chi connectivity index (χ2v) is 4.12. The summed E-state index contributed by atoms with van der Waals surface area (Å²) in [5.41, 5.74) is -1.16. The zero-order valence-corrected chi connectivity index (χ0v) is 9.25. The number of hydrogen-bond donors (Lipinski definition) is 0. The predicted molar refractivity (Wildman–Crippen MR) is 57.5 cm³/mol. The van der Waals surface area contributed by atoms with E-state index in [0.29, 0.717) is 10.6 Å². The van der Waals surface area contributed by atoms with Crippen LogP contribution in [-0.4, -0.2) is 11.7 Å². The molecule has 0 aliphatic heterocycles. The number of hydrogen-bond acceptors (Lipinski definition) is 2. The van der Waals surface area contributed by atoms with Gasteiger partial charge in [0.2, 0.25) is 6.08 Å². The number of aliphatic imine (C=N–C) groups is 1. The molecule has 0 fully saturated rings. The van der Waals surface area contributed by atoms with Gasteiger partial charge in [-0.1, -0.05) is 29.8 Å². The molecule has 1 atom stereocenters. The molecular formula is C11H11ClFNO. The topological polar surface area (TPSA) is 29.4 Å². The third-order valence-corrected chi connectivity index (χ3v) is 2.38. The van der Waals surface area contributed by atoms with Crippen molar-refractivity contribution in [3.05, 3.63) is 34.9 Å². The summed E-state index contributed by atoms with van der Waals surface area (Å²) in [4.78, 5) is 13.7. The van der Waals surface area contributed by atoms with Crippen LogP contribution in [0.3, 0.4) is 0 Å². The van der Waals surface area contributed by atoms with Crippen LogP contribution in [0.2, 0.25) is 5.02 Å². The van der Waals surface area contributed by atoms with Gasteiger partial charge in [-0.3, -0.25) is 0 Å². The lowest BCUT2D eigenvalue weighted by molar-refractivity contribution is 0.175. The van der Waals surface area contributed by atoms with E-state index in [1.54, 1.807) is 24.3 Å². The van der Waals surface area contributed by atoms with Crippen molar-refractivity contribution >= 4 is 17.7 Å². The summed E-state index contributed by atoms with van der Waals surface area (Å²) in [6.07, 6.45) is 1.38. The van der Waals surface area contributed by atoms with E-state index >= 15 is 0 Å². The summed E-state index contributed by atoms with van der Waals surface area (Å²) in [5.74, 6) is 0. The summed E-state index contributed by atoms with van der Waals surface area (Å²) in [7, 11) is 0. The molecule has 1 rings (SSSR count). The Morgan fingerprint density at radius 2 is 2.07 bits per heavy atom. The first-order valence-electron chi connectivity index (χ1n) is 4.47. The molecule has 0 N–H and O–H groups in total. The minimum absolute atomic E-state index is 0.396. The molecule has 0 aromatic heterocycles. The molecule has 0 aliphatic rings. The first kappa shape index (κ1) is 11.9. The molecule has 1 aromatic carbocycles. The molecule has 0 aliphatic carbocycles. The number of halogens is 2. The van der Waals surface area contributed by atoms with E-state index in [1.165, 1.54) is 19.9 Å². The maximum atomic E-state index is 13.8. The van der Waals surface area contributed by atoms with Crippen molar-refractivity contribution in [1.82, 2.24) is 0 Å². The van der Waals surface area contributed by atoms with Crippen molar-refractivity contribution in [2.45, 2.75) is 25.6 Å². The number of alkyl halides is 1. The first-order chi connectivity index (χ1) is 6.96. The third kappa shape index (κ3) is 2.88. The summed E-state index contributed by atoms with van der Waals surface area (Å²) in [5, 5.41) is 0.396. The SMILES string of the molecule is CC(C)(F)C(N=C=O)c1ccccc1Cl. The standard InChI is InChI=1S/C11H11ClFNO/c1-11(2,13)10(14-7-15)8-5-3-4-6-9(8)12/h3-6,10H,1-2H3. The normalized spacial score (nSPS) is 13.1. The molecule has 2 nitrogen and oxygen atoms in total. The van der Waals surface area contributed by atoms with E-state index in [9.17, 15) is 9.18 Å². The fourth-order valence-corrected chi connectivity index (χ4v) is 1.58. The zero-order valence-electron chi connectivity index (χ0n) is 8.50. The van der Waals surface area contributed by atoms with Gasteiger partial charge in [-0.15, -0.1) is 0 Å². The van der Waals surface area contributed by atoms with Crippen LogP contribution in [0.15, 0.2) is 29.3 Å². The van der Waals surface area contributed by atoms with Crippen molar-refractivity contribution in [2.75, 3.05) is 0 Å². The highest BCUT2D eigenvalue weighted by Gasteiger charge is 2.31. The Balaban J connectivity index is 3.22. The number of isocyanates is 1. The van der Waals surface area contributed by atoms with Gasteiger partial charge in [-0.25, -0.2) is 9.18 Å². The van der Waals surface area contributed by atoms with Crippen LogP contribution in [0.1, 0.15) is 25.5 Å². The average molecular weight is 228 g/mol. The van der Waals surface area contributed by atoms with Crippen molar-refractivity contribution in [1.29, 1.82) is 0 Å². The van der Waals surface area contributed by atoms with Gasteiger partial charge in [-0.2, -0.15) is 4.99 Å². The van der Waals surface area contributed by atoms with Crippen molar-refractivity contribution in [2.24, 2.45) is 4.99 Å². The summed E-state index contributed by atoms with van der Waals surface area (Å²) in [6.45, 7) is 2.70. The lowest BCUT2D eigenvalue weighted by Gasteiger charge is -2.22. The van der Waals surface area contributed by atoms with Crippen LogP contribution in [0.5, 0.6) is 0 Å². The van der Waals surface area contributed by atoms with Crippen molar-refractivity contribution < 1.29 is 9.18 Å². The van der Waals surface area contributed by atoms with E-state index in [2.05, 4.69) is 4.99 Å². The van der Waals surface area contributed by atoms with E-state index in [4.69, 9.17) is 11.6 Å². The average Bonchev–Trinajstić information content (AvgIpc) is 2.14. The number of benzene rings is 1.